The maximum Gasteiger partial charge on any atom is 0.287 e. The van der Waals surface area contributed by atoms with E-state index in [2.05, 4.69) is 16.7 Å². The van der Waals surface area contributed by atoms with Crippen molar-refractivity contribution < 1.29 is 14.8 Å². The molecule has 1 fully saturated rings. The molecule has 1 saturated heterocycles. The summed E-state index contributed by atoms with van der Waals surface area (Å²) in [5, 5.41) is 5.22. The molecule has 0 aromatic heterocycles. The highest BCUT2D eigenvalue weighted by Gasteiger charge is 2.27. The number of nitrogens with one attached hydrogen (secondary N) is 1. The van der Waals surface area contributed by atoms with E-state index >= 15 is 0 Å². The fourth-order valence-corrected chi connectivity index (χ4v) is 3.25. The Morgan fingerprint density at radius 3 is 2.76 bits per heavy atom. The van der Waals surface area contributed by atoms with Crippen LogP contribution >= 0.6 is 0 Å². The van der Waals surface area contributed by atoms with Crippen molar-refractivity contribution >= 4 is 11.6 Å². The summed E-state index contributed by atoms with van der Waals surface area (Å²) in [6.07, 6.45) is 2.44. The summed E-state index contributed by atoms with van der Waals surface area (Å²) < 4.78 is 5.71. The van der Waals surface area contributed by atoms with Crippen LogP contribution in [0.5, 0.6) is 0 Å². The van der Waals surface area contributed by atoms with Crippen LogP contribution < -0.4 is 10.6 Å². The Morgan fingerprint density at radius 2 is 2.04 bits per heavy atom. The van der Waals surface area contributed by atoms with Crippen molar-refractivity contribution in [3.05, 3.63) is 65.2 Å². The molecule has 4 nitrogen and oxygen atoms in total. The van der Waals surface area contributed by atoms with Gasteiger partial charge in [-0.2, -0.15) is 0 Å². The van der Waals surface area contributed by atoms with E-state index in [1.165, 1.54) is 0 Å². The summed E-state index contributed by atoms with van der Waals surface area (Å²) in [5.41, 5.74) is 4.12. The van der Waals surface area contributed by atoms with Gasteiger partial charge in [0.15, 0.2) is 6.04 Å². The largest absolute Gasteiger partial charge is 0.372 e. The first-order chi connectivity index (χ1) is 12.1. The molecule has 0 aliphatic carbocycles. The van der Waals surface area contributed by atoms with E-state index < -0.39 is 0 Å². The minimum absolute atomic E-state index is 0.0119. The van der Waals surface area contributed by atoms with Crippen LogP contribution in [-0.4, -0.2) is 25.2 Å². The average Bonchev–Trinajstić information content (AvgIpc) is 3.13. The smallest absolute Gasteiger partial charge is 0.287 e. The predicted molar refractivity (Wildman–Crippen MR) is 99.5 cm³/mol. The van der Waals surface area contributed by atoms with Gasteiger partial charge in [-0.25, -0.2) is 0 Å². The SMILES string of the molecule is Cc1ccc(C)c(NC(=O)[C@@H]([NH2+]C[C@H]2CCCO2)c2ccccc2)c1. The normalized spacial score (nSPS) is 18.1. The van der Waals surface area contributed by atoms with Crippen molar-refractivity contribution in [1.82, 2.24) is 0 Å². The van der Waals surface area contributed by atoms with Crippen molar-refractivity contribution in [3.63, 3.8) is 0 Å². The lowest BCUT2D eigenvalue weighted by molar-refractivity contribution is -0.687. The molecule has 1 aliphatic rings. The lowest BCUT2D eigenvalue weighted by Gasteiger charge is -2.19. The van der Waals surface area contributed by atoms with Gasteiger partial charge < -0.3 is 15.4 Å². The van der Waals surface area contributed by atoms with E-state index in [1.54, 1.807) is 0 Å². The Balaban J connectivity index is 1.75. The number of nitrogens with two attached hydrogens (primary N) is 1. The zero-order chi connectivity index (χ0) is 17.6. The molecule has 0 radical (unpaired) electrons. The number of amides is 1. The summed E-state index contributed by atoms with van der Waals surface area (Å²) >= 11 is 0. The second kappa shape index (κ2) is 8.28. The molecule has 0 unspecified atom stereocenters. The fourth-order valence-electron chi connectivity index (χ4n) is 3.25. The highest BCUT2D eigenvalue weighted by molar-refractivity contribution is 5.95. The van der Waals surface area contributed by atoms with E-state index in [1.807, 2.05) is 56.3 Å². The number of rotatable bonds is 6. The number of ether oxygens (including phenoxy) is 1. The van der Waals surface area contributed by atoms with Crippen LogP contribution in [0.25, 0.3) is 0 Å². The first-order valence-electron chi connectivity index (χ1n) is 9.01. The Labute approximate surface area is 149 Å². The van der Waals surface area contributed by atoms with Crippen molar-refractivity contribution in [2.75, 3.05) is 18.5 Å². The van der Waals surface area contributed by atoms with Crippen LogP contribution in [0.1, 0.15) is 35.6 Å². The number of carbonyl (C=O) groups is 1. The van der Waals surface area contributed by atoms with Gasteiger partial charge in [-0.05, 0) is 43.9 Å². The molecule has 3 rings (SSSR count). The molecule has 2 aromatic rings. The second-order valence-electron chi connectivity index (χ2n) is 6.80. The Bertz CT molecular complexity index is 709. The van der Waals surface area contributed by atoms with Gasteiger partial charge in [0.2, 0.25) is 0 Å². The van der Waals surface area contributed by atoms with Gasteiger partial charge in [-0.15, -0.1) is 0 Å². The lowest BCUT2D eigenvalue weighted by atomic mass is 10.0. The highest BCUT2D eigenvalue weighted by Crippen LogP contribution is 2.19. The average molecular weight is 339 g/mol. The van der Waals surface area contributed by atoms with E-state index in [9.17, 15) is 4.79 Å². The molecule has 1 aliphatic heterocycles. The molecule has 25 heavy (non-hydrogen) atoms. The minimum Gasteiger partial charge on any atom is -0.372 e. The molecule has 0 saturated carbocycles. The first-order valence-corrected chi connectivity index (χ1v) is 9.01. The van der Waals surface area contributed by atoms with Crippen molar-refractivity contribution in [2.24, 2.45) is 0 Å². The van der Waals surface area contributed by atoms with Crippen LogP contribution in [0.2, 0.25) is 0 Å². The van der Waals surface area contributed by atoms with Gasteiger partial charge in [-0.3, -0.25) is 4.79 Å². The summed E-state index contributed by atoms with van der Waals surface area (Å²) in [4.78, 5) is 13.0. The Kier molecular flexibility index (Phi) is 5.84. The first kappa shape index (κ1) is 17.6. The number of benzene rings is 2. The maximum atomic E-state index is 13.0. The summed E-state index contributed by atoms with van der Waals surface area (Å²) in [5.74, 6) is 0.0119. The van der Waals surface area contributed by atoms with Crippen LogP contribution in [-0.2, 0) is 9.53 Å². The van der Waals surface area contributed by atoms with E-state index in [4.69, 9.17) is 4.74 Å². The van der Waals surface area contributed by atoms with Crippen LogP contribution in [0.15, 0.2) is 48.5 Å². The fraction of sp³-hybridized carbons (Fsp3) is 0.381. The van der Waals surface area contributed by atoms with Crippen LogP contribution in [0.4, 0.5) is 5.69 Å². The molecule has 1 amide bonds. The second-order valence-corrected chi connectivity index (χ2v) is 6.80. The molecule has 1 heterocycles. The number of aryl methyl sites for hydroxylation is 2. The maximum absolute atomic E-state index is 13.0. The lowest BCUT2D eigenvalue weighted by Crippen LogP contribution is -2.89. The van der Waals surface area contributed by atoms with Gasteiger partial charge in [-0.1, -0.05) is 42.5 Å². The third-order valence-electron chi connectivity index (χ3n) is 4.75. The minimum atomic E-state index is -0.273. The number of carbonyl (C=O) groups excluding carboxylic acids is 1. The zero-order valence-corrected chi connectivity index (χ0v) is 15.0. The van der Waals surface area contributed by atoms with Crippen LogP contribution in [0, 0.1) is 13.8 Å². The highest BCUT2D eigenvalue weighted by atomic mass is 16.5. The van der Waals surface area contributed by atoms with Crippen LogP contribution in [0.3, 0.4) is 0 Å². The van der Waals surface area contributed by atoms with Gasteiger partial charge in [0, 0.05) is 17.9 Å². The molecule has 3 N–H and O–H groups in total. The third-order valence-corrected chi connectivity index (χ3v) is 4.75. The quantitative estimate of drug-likeness (QED) is 0.850. The topological polar surface area (TPSA) is 54.9 Å². The molecule has 132 valence electrons. The molecule has 0 spiro atoms. The van der Waals surface area contributed by atoms with E-state index in [0.29, 0.717) is 0 Å². The van der Waals surface area contributed by atoms with Gasteiger partial charge >= 0.3 is 0 Å². The Hall–Kier alpha value is -2.17. The summed E-state index contributed by atoms with van der Waals surface area (Å²) in [6.45, 7) is 5.69. The molecular formula is C21H27N2O2+. The standard InChI is InChI=1S/C21H26N2O2/c1-15-10-11-16(2)19(13-15)23-21(24)20(17-7-4-3-5-8-17)22-14-18-9-6-12-25-18/h3-5,7-8,10-11,13,18,20,22H,6,9,12,14H2,1-2H3,(H,23,24)/p+1/t18-,20+/m1/s1. The summed E-state index contributed by atoms with van der Waals surface area (Å²) in [7, 11) is 0. The molecule has 2 atom stereocenters. The van der Waals surface area contributed by atoms with Crippen molar-refractivity contribution in [1.29, 1.82) is 0 Å². The predicted octanol–water partition coefficient (Wildman–Crippen LogP) is 2.73. The number of quaternary nitrogens is 1. The molecular weight excluding hydrogens is 312 g/mol. The zero-order valence-electron chi connectivity index (χ0n) is 15.0. The van der Waals surface area contributed by atoms with E-state index in [0.717, 1.165) is 48.4 Å². The number of hydrogen-bond donors (Lipinski definition) is 2. The molecule has 2 aromatic carbocycles. The van der Waals surface area contributed by atoms with Gasteiger partial charge in [0.1, 0.15) is 12.6 Å². The number of hydrogen-bond acceptors (Lipinski definition) is 2. The van der Waals surface area contributed by atoms with Crippen molar-refractivity contribution in [2.45, 2.75) is 38.8 Å². The number of anilines is 1. The van der Waals surface area contributed by atoms with Gasteiger partial charge in [0.05, 0.1) is 0 Å². The third kappa shape index (κ3) is 4.68. The van der Waals surface area contributed by atoms with Crippen molar-refractivity contribution in [3.8, 4) is 0 Å². The Morgan fingerprint density at radius 1 is 1.24 bits per heavy atom. The molecule has 0 bridgehead atoms. The summed E-state index contributed by atoms with van der Waals surface area (Å²) in [6, 6.07) is 15.8. The van der Waals surface area contributed by atoms with E-state index in [-0.39, 0.29) is 18.1 Å². The van der Waals surface area contributed by atoms with Gasteiger partial charge in [0.25, 0.3) is 5.91 Å². The monoisotopic (exact) mass is 339 g/mol. The molecule has 4 heteroatoms.